The maximum atomic E-state index is 12.5. The molecule has 0 bridgehead atoms. The van der Waals surface area contributed by atoms with Crippen molar-refractivity contribution < 1.29 is 17.7 Å². The van der Waals surface area contributed by atoms with Gasteiger partial charge in [-0.05, 0) is 44.5 Å². The molecule has 10 heteroatoms. The molecule has 2 aromatic heterocycles. The van der Waals surface area contributed by atoms with Crippen molar-refractivity contribution in [2.45, 2.75) is 31.8 Å². The van der Waals surface area contributed by atoms with Gasteiger partial charge >= 0.3 is 0 Å². The number of sulfone groups is 1. The first-order valence-electron chi connectivity index (χ1n) is 9.46. The van der Waals surface area contributed by atoms with E-state index in [4.69, 9.17) is 4.52 Å². The Kier molecular flexibility index (Phi) is 5.40. The molecule has 28 heavy (non-hydrogen) atoms. The standard InChI is InChI=1S/C18H23N5O4S/c24-18(13-4-8-23(9-5-13)14-6-10-28(25,26)12-14)20-11-16-21-17(22-27-16)15-3-1-2-7-19-15/h1-3,7,13-14H,4-6,8-12H2,(H,20,24)/t14-/m0/s1. The van der Waals surface area contributed by atoms with Crippen LogP contribution in [0.4, 0.5) is 0 Å². The minimum absolute atomic E-state index is 0.0312. The minimum atomic E-state index is -2.88. The molecule has 0 unspecified atom stereocenters. The number of carbonyl (C=O) groups is 1. The van der Waals surface area contributed by atoms with Crippen molar-refractivity contribution in [2.24, 2.45) is 5.92 Å². The molecule has 0 aliphatic carbocycles. The number of hydrogen-bond acceptors (Lipinski definition) is 8. The fourth-order valence-corrected chi connectivity index (χ4v) is 5.58. The van der Waals surface area contributed by atoms with Gasteiger partial charge in [-0.25, -0.2) is 8.42 Å². The van der Waals surface area contributed by atoms with Crippen LogP contribution >= 0.6 is 0 Å². The molecule has 0 saturated carbocycles. The molecule has 2 aliphatic heterocycles. The van der Waals surface area contributed by atoms with E-state index >= 15 is 0 Å². The Bertz CT molecular complexity index is 922. The van der Waals surface area contributed by atoms with Gasteiger partial charge in [-0.2, -0.15) is 4.98 Å². The van der Waals surface area contributed by atoms with Crippen molar-refractivity contribution in [1.82, 2.24) is 25.3 Å². The zero-order valence-corrected chi connectivity index (χ0v) is 16.3. The summed E-state index contributed by atoms with van der Waals surface area (Å²) < 4.78 is 28.5. The van der Waals surface area contributed by atoms with Crippen molar-refractivity contribution >= 4 is 15.7 Å². The van der Waals surface area contributed by atoms with Gasteiger partial charge in [0.15, 0.2) is 9.84 Å². The Labute approximate surface area is 163 Å². The second-order valence-corrected chi connectivity index (χ2v) is 9.54. The highest BCUT2D eigenvalue weighted by Gasteiger charge is 2.35. The molecular weight excluding hydrogens is 382 g/mol. The predicted molar refractivity (Wildman–Crippen MR) is 101 cm³/mol. The predicted octanol–water partition coefficient (Wildman–Crippen LogP) is 0.647. The number of amides is 1. The summed E-state index contributed by atoms with van der Waals surface area (Å²) in [5, 5.41) is 6.75. The SMILES string of the molecule is O=C(NCc1nc(-c2ccccn2)no1)C1CCN([C@H]2CCS(=O)(=O)C2)CC1. The first-order chi connectivity index (χ1) is 13.5. The summed E-state index contributed by atoms with van der Waals surface area (Å²) >= 11 is 0. The van der Waals surface area contributed by atoms with E-state index in [1.54, 1.807) is 12.3 Å². The smallest absolute Gasteiger partial charge is 0.246 e. The Morgan fingerprint density at radius 3 is 2.75 bits per heavy atom. The molecule has 1 amide bonds. The van der Waals surface area contributed by atoms with Gasteiger partial charge in [0.2, 0.25) is 17.6 Å². The van der Waals surface area contributed by atoms with Crippen LogP contribution < -0.4 is 5.32 Å². The third-order valence-electron chi connectivity index (χ3n) is 5.40. The molecule has 2 aliphatic rings. The number of rotatable bonds is 5. The average molecular weight is 405 g/mol. The zero-order valence-electron chi connectivity index (χ0n) is 15.5. The largest absolute Gasteiger partial charge is 0.347 e. The second-order valence-electron chi connectivity index (χ2n) is 7.31. The first kappa shape index (κ1) is 19.0. The molecule has 4 heterocycles. The average Bonchev–Trinajstić information content (AvgIpc) is 3.33. The van der Waals surface area contributed by atoms with Gasteiger partial charge in [0.05, 0.1) is 18.1 Å². The van der Waals surface area contributed by atoms with Crippen molar-refractivity contribution in [3.8, 4) is 11.5 Å². The number of nitrogens with zero attached hydrogens (tertiary/aromatic N) is 4. The van der Waals surface area contributed by atoms with Gasteiger partial charge in [-0.3, -0.25) is 14.7 Å². The number of pyridine rings is 1. The number of aromatic nitrogens is 3. The van der Waals surface area contributed by atoms with E-state index in [2.05, 4.69) is 25.3 Å². The molecule has 1 atom stereocenters. The lowest BCUT2D eigenvalue weighted by atomic mass is 9.94. The molecule has 2 aromatic rings. The van der Waals surface area contributed by atoms with E-state index in [0.29, 0.717) is 23.8 Å². The maximum Gasteiger partial charge on any atom is 0.246 e. The minimum Gasteiger partial charge on any atom is -0.347 e. The van der Waals surface area contributed by atoms with Gasteiger partial charge in [-0.15, -0.1) is 0 Å². The lowest BCUT2D eigenvalue weighted by Crippen LogP contribution is -2.45. The summed E-state index contributed by atoms with van der Waals surface area (Å²) in [6, 6.07) is 5.54. The van der Waals surface area contributed by atoms with Crippen LogP contribution in [0.1, 0.15) is 25.2 Å². The van der Waals surface area contributed by atoms with Gasteiger partial charge in [0, 0.05) is 18.2 Å². The fraction of sp³-hybridized carbons (Fsp3) is 0.556. The number of hydrogen-bond donors (Lipinski definition) is 1. The van der Waals surface area contributed by atoms with E-state index in [0.717, 1.165) is 25.9 Å². The van der Waals surface area contributed by atoms with Crippen LogP contribution in [0.2, 0.25) is 0 Å². The van der Waals surface area contributed by atoms with Crippen LogP contribution in [-0.4, -0.2) is 65.0 Å². The molecule has 9 nitrogen and oxygen atoms in total. The first-order valence-corrected chi connectivity index (χ1v) is 11.3. The van der Waals surface area contributed by atoms with Crippen molar-refractivity contribution in [3.05, 3.63) is 30.3 Å². The third-order valence-corrected chi connectivity index (χ3v) is 7.15. The van der Waals surface area contributed by atoms with Gasteiger partial charge in [0.25, 0.3) is 0 Å². The maximum absolute atomic E-state index is 12.5. The van der Waals surface area contributed by atoms with Gasteiger partial charge in [-0.1, -0.05) is 11.2 Å². The molecule has 2 fully saturated rings. The van der Waals surface area contributed by atoms with Crippen molar-refractivity contribution in [2.75, 3.05) is 24.6 Å². The Hall–Kier alpha value is -2.33. The van der Waals surface area contributed by atoms with Crippen LogP contribution in [0.5, 0.6) is 0 Å². The normalized spacial score (nSPS) is 22.9. The number of piperidine rings is 1. The summed E-state index contributed by atoms with van der Waals surface area (Å²) in [6.45, 7) is 1.69. The Balaban J connectivity index is 1.25. The van der Waals surface area contributed by atoms with Crippen LogP contribution in [0, 0.1) is 5.92 Å². The fourth-order valence-electron chi connectivity index (χ4n) is 3.82. The molecule has 0 spiro atoms. The van der Waals surface area contributed by atoms with Crippen LogP contribution in [-0.2, 0) is 21.2 Å². The van der Waals surface area contributed by atoms with Crippen molar-refractivity contribution in [1.29, 1.82) is 0 Å². The molecule has 0 aromatic carbocycles. The van der Waals surface area contributed by atoms with Crippen molar-refractivity contribution in [3.63, 3.8) is 0 Å². The summed E-state index contributed by atoms with van der Waals surface area (Å²) in [4.78, 5) is 23.1. The highest BCUT2D eigenvalue weighted by molar-refractivity contribution is 7.91. The lowest BCUT2D eigenvalue weighted by Gasteiger charge is -2.34. The molecular formula is C18H23N5O4S. The topological polar surface area (TPSA) is 118 Å². The summed E-state index contributed by atoms with van der Waals surface area (Å²) in [5.41, 5.74) is 0.616. The van der Waals surface area contributed by atoms with Gasteiger partial charge < -0.3 is 9.84 Å². The summed E-state index contributed by atoms with van der Waals surface area (Å²) in [6.07, 6.45) is 3.81. The molecule has 1 N–H and O–H groups in total. The zero-order chi connectivity index (χ0) is 19.6. The molecule has 4 rings (SSSR count). The third kappa shape index (κ3) is 4.39. The van der Waals surface area contributed by atoms with Crippen LogP contribution in [0.25, 0.3) is 11.5 Å². The summed E-state index contributed by atoms with van der Waals surface area (Å²) in [5.74, 6) is 1.15. The van der Waals surface area contributed by atoms with E-state index in [1.807, 2.05) is 12.1 Å². The lowest BCUT2D eigenvalue weighted by molar-refractivity contribution is -0.126. The number of carbonyl (C=O) groups excluding carboxylic acids is 1. The van der Waals surface area contributed by atoms with Gasteiger partial charge in [0.1, 0.15) is 5.69 Å². The van der Waals surface area contributed by atoms with E-state index < -0.39 is 9.84 Å². The van der Waals surface area contributed by atoms with E-state index in [9.17, 15) is 13.2 Å². The quantitative estimate of drug-likeness (QED) is 0.770. The number of nitrogens with one attached hydrogen (secondary N) is 1. The van der Waals surface area contributed by atoms with Crippen LogP contribution in [0.3, 0.4) is 0 Å². The molecule has 150 valence electrons. The Morgan fingerprint density at radius 1 is 1.25 bits per heavy atom. The molecule has 2 saturated heterocycles. The summed E-state index contributed by atoms with van der Waals surface area (Å²) in [7, 11) is -2.88. The second kappa shape index (κ2) is 7.96. The molecule has 0 radical (unpaired) electrons. The highest BCUT2D eigenvalue weighted by Crippen LogP contribution is 2.24. The van der Waals surface area contributed by atoms with E-state index in [-0.39, 0.29) is 35.9 Å². The Morgan fingerprint density at radius 2 is 2.07 bits per heavy atom. The number of likely N-dealkylation sites (tertiary alicyclic amines) is 1. The monoisotopic (exact) mass is 405 g/mol. The van der Waals surface area contributed by atoms with Crippen LogP contribution in [0.15, 0.2) is 28.9 Å². The highest BCUT2D eigenvalue weighted by atomic mass is 32.2. The van der Waals surface area contributed by atoms with E-state index in [1.165, 1.54) is 0 Å².